The van der Waals surface area contributed by atoms with Crippen molar-refractivity contribution < 1.29 is 4.39 Å². The van der Waals surface area contributed by atoms with E-state index >= 15 is 0 Å². The van der Waals surface area contributed by atoms with E-state index in [1.807, 2.05) is 6.07 Å². The molecule has 0 atom stereocenters. The highest BCUT2D eigenvalue weighted by atomic mass is 19.1. The minimum Gasteiger partial charge on any atom is -0.380 e. The number of anilines is 2. The summed E-state index contributed by atoms with van der Waals surface area (Å²) in [7, 11) is 0. The summed E-state index contributed by atoms with van der Waals surface area (Å²) in [6, 6.07) is 7.07. The van der Waals surface area contributed by atoms with Crippen molar-refractivity contribution in [3.63, 3.8) is 0 Å². The van der Waals surface area contributed by atoms with Crippen LogP contribution in [-0.4, -0.2) is 39.1 Å². The van der Waals surface area contributed by atoms with Gasteiger partial charge in [-0.1, -0.05) is 12.1 Å². The lowest BCUT2D eigenvalue weighted by Crippen LogP contribution is -2.39. The van der Waals surface area contributed by atoms with E-state index in [9.17, 15) is 4.39 Å². The zero-order chi connectivity index (χ0) is 15.6. The Balaban J connectivity index is 1.45. The predicted molar refractivity (Wildman–Crippen MR) is 86.9 cm³/mol. The molecule has 23 heavy (non-hydrogen) atoms. The van der Waals surface area contributed by atoms with Crippen molar-refractivity contribution in [1.82, 2.24) is 19.9 Å². The highest BCUT2D eigenvalue weighted by Gasteiger charge is 2.22. The SMILES string of the molecule is Fc1ccccc1NC1CCN(c2ncnc3nc[nH]c23)CC1. The second-order valence-corrected chi connectivity index (χ2v) is 5.68. The molecule has 2 N–H and O–H groups in total. The van der Waals surface area contributed by atoms with Crippen molar-refractivity contribution in [2.24, 2.45) is 0 Å². The van der Waals surface area contributed by atoms with Crippen molar-refractivity contribution in [3.8, 4) is 0 Å². The molecule has 0 amide bonds. The summed E-state index contributed by atoms with van der Waals surface area (Å²) in [5.41, 5.74) is 2.12. The Morgan fingerprint density at radius 3 is 2.78 bits per heavy atom. The minimum atomic E-state index is -0.204. The van der Waals surface area contributed by atoms with Crippen LogP contribution in [0.2, 0.25) is 0 Å². The standard InChI is InChI=1S/C16H17FN6/c17-12-3-1-2-4-13(12)22-11-5-7-23(8-6-11)16-14-15(19-9-18-14)20-10-21-16/h1-4,9-11,22H,5-8H2,(H,18,19,20,21). The van der Waals surface area contributed by atoms with Gasteiger partial charge in [0.05, 0.1) is 12.0 Å². The van der Waals surface area contributed by atoms with E-state index in [0.29, 0.717) is 11.3 Å². The summed E-state index contributed by atoms with van der Waals surface area (Å²) in [6.45, 7) is 1.72. The molecule has 1 fully saturated rings. The Hall–Kier alpha value is -2.70. The van der Waals surface area contributed by atoms with Crippen LogP contribution in [0.25, 0.3) is 11.2 Å². The lowest BCUT2D eigenvalue weighted by Gasteiger charge is -2.33. The van der Waals surface area contributed by atoms with Crippen LogP contribution in [0.4, 0.5) is 15.9 Å². The Kier molecular flexibility index (Phi) is 3.53. The molecule has 0 saturated carbocycles. The van der Waals surface area contributed by atoms with Gasteiger partial charge in [-0.05, 0) is 25.0 Å². The van der Waals surface area contributed by atoms with Crippen LogP contribution in [0.5, 0.6) is 0 Å². The first-order chi connectivity index (χ1) is 11.3. The number of nitrogens with one attached hydrogen (secondary N) is 2. The molecule has 0 spiro atoms. The van der Waals surface area contributed by atoms with Gasteiger partial charge in [0.2, 0.25) is 0 Å². The zero-order valence-electron chi connectivity index (χ0n) is 12.5. The molecule has 1 aliphatic rings. The number of para-hydroxylation sites is 1. The molecule has 0 unspecified atom stereocenters. The average Bonchev–Trinajstić information content (AvgIpc) is 3.06. The molecular formula is C16H17FN6. The molecule has 1 aliphatic heterocycles. The van der Waals surface area contributed by atoms with Crippen LogP contribution in [-0.2, 0) is 0 Å². The van der Waals surface area contributed by atoms with Gasteiger partial charge >= 0.3 is 0 Å². The van der Waals surface area contributed by atoms with Crippen LogP contribution in [0.3, 0.4) is 0 Å². The number of H-pyrrole nitrogens is 1. The lowest BCUT2D eigenvalue weighted by atomic mass is 10.0. The minimum absolute atomic E-state index is 0.204. The first-order valence-electron chi connectivity index (χ1n) is 7.71. The third-order valence-electron chi connectivity index (χ3n) is 4.23. The number of benzene rings is 1. The summed E-state index contributed by atoms with van der Waals surface area (Å²) in [4.78, 5) is 18.0. The van der Waals surface area contributed by atoms with E-state index in [1.165, 1.54) is 6.07 Å². The molecule has 6 nitrogen and oxygen atoms in total. The Bertz CT molecular complexity index is 809. The van der Waals surface area contributed by atoms with E-state index < -0.39 is 0 Å². The van der Waals surface area contributed by atoms with E-state index in [-0.39, 0.29) is 11.9 Å². The summed E-state index contributed by atoms with van der Waals surface area (Å²) in [5.74, 6) is 0.682. The maximum atomic E-state index is 13.7. The molecular weight excluding hydrogens is 295 g/mol. The Labute approximate surface area is 132 Å². The van der Waals surface area contributed by atoms with E-state index in [2.05, 4.69) is 30.2 Å². The number of hydrogen-bond donors (Lipinski definition) is 2. The number of imidazole rings is 1. The third-order valence-corrected chi connectivity index (χ3v) is 4.23. The fraction of sp³-hybridized carbons (Fsp3) is 0.312. The van der Waals surface area contributed by atoms with Crippen molar-refractivity contribution in [1.29, 1.82) is 0 Å². The number of aromatic amines is 1. The van der Waals surface area contributed by atoms with Gasteiger partial charge in [-0.25, -0.2) is 19.3 Å². The molecule has 0 aliphatic carbocycles. The van der Waals surface area contributed by atoms with Crippen LogP contribution in [0.15, 0.2) is 36.9 Å². The van der Waals surface area contributed by atoms with Crippen LogP contribution in [0.1, 0.15) is 12.8 Å². The maximum absolute atomic E-state index is 13.7. The van der Waals surface area contributed by atoms with Gasteiger partial charge in [0.1, 0.15) is 17.7 Å². The average molecular weight is 312 g/mol. The van der Waals surface area contributed by atoms with Gasteiger partial charge in [0.15, 0.2) is 11.5 Å². The fourth-order valence-corrected chi connectivity index (χ4v) is 3.03. The molecule has 3 aromatic rings. The Morgan fingerprint density at radius 1 is 1.13 bits per heavy atom. The Morgan fingerprint density at radius 2 is 1.96 bits per heavy atom. The molecule has 4 rings (SSSR count). The van der Waals surface area contributed by atoms with Crippen molar-refractivity contribution in [2.45, 2.75) is 18.9 Å². The first kappa shape index (κ1) is 13.9. The van der Waals surface area contributed by atoms with Gasteiger partial charge < -0.3 is 15.2 Å². The monoisotopic (exact) mass is 312 g/mol. The molecule has 1 aromatic carbocycles. The van der Waals surface area contributed by atoms with Gasteiger partial charge in [-0.15, -0.1) is 0 Å². The summed E-state index contributed by atoms with van der Waals surface area (Å²) >= 11 is 0. The predicted octanol–water partition coefficient (Wildman–Crippen LogP) is 2.57. The normalized spacial score (nSPS) is 16.0. The second-order valence-electron chi connectivity index (χ2n) is 5.68. The van der Waals surface area contributed by atoms with Crippen LogP contribution >= 0.6 is 0 Å². The van der Waals surface area contributed by atoms with E-state index in [1.54, 1.807) is 24.8 Å². The van der Waals surface area contributed by atoms with Crippen molar-refractivity contribution >= 4 is 22.7 Å². The second kappa shape index (κ2) is 5.83. The smallest absolute Gasteiger partial charge is 0.182 e. The maximum Gasteiger partial charge on any atom is 0.182 e. The molecule has 7 heteroatoms. The van der Waals surface area contributed by atoms with Gasteiger partial charge in [-0.3, -0.25) is 0 Å². The van der Waals surface area contributed by atoms with Crippen molar-refractivity contribution in [2.75, 3.05) is 23.3 Å². The lowest BCUT2D eigenvalue weighted by molar-refractivity contribution is 0.520. The van der Waals surface area contributed by atoms with Gasteiger partial charge in [0.25, 0.3) is 0 Å². The molecule has 0 bridgehead atoms. The number of aromatic nitrogens is 4. The topological polar surface area (TPSA) is 69.7 Å². The summed E-state index contributed by atoms with van der Waals surface area (Å²) < 4.78 is 13.7. The number of piperidine rings is 1. The van der Waals surface area contributed by atoms with Crippen molar-refractivity contribution in [3.05, 3.63) is 42.7 Å². The summed E-state index contributed by atoms with van der Waals surface area (Å²) in [6.07, 6.45) is 5.03. The van der Waals surface area contributed by atoms with Crippen LogP contribution < -0.4 is 10.2 Å². The zero-order valence-corrected chi connectivity index (χ0v) is 12.5. The third kappa shape index (κ3) is 2.69. The molecule has 1 saturated heterocycles. The highest BCUT2D eigenvalue weighted by molar-refractivity contribution is 5.82. The number of nitrogens with zero attached hydrogens (tertiary/aromatic N) is 4. The molecule has 118 valence electrons. The molecule has 0 radical (unpaired) electrons. The quantitative estimate of drug-likeness (QED) is 0.778. The van der Waals surface area contributed by atoms with Crippen LogP contribution in [0, 0.1) is 5.82 Å². The number of rotatable bonds is 3. The summed E-state index contributed by atoms with van der Waals surface area (Å²) in [5, 5.41) is 3.30. The van der Waals surface area contributed by atoms with E-state index in [0.717, 1.165) is 37.3 Å². The number of hydrogen-bond acceptors (Lipinski definition) is 5. The highest BCUT2D eigenvalue weighted by Crippen LogP contribution is 2.25. The first-order valence-corrected chi connectivity index (χ1v) is 7.71. The molecule has 3 heterocycles. The van der Waals surface area contributed by atoms with Gasteiger partial charge in [-0.2, -0.15) is 0 Å². The number of halogens is 1. The fourth-order valence-electron chi connectivity index (χ4n) is 3.03. The van der Waals surface area contributed by atoms with E-state index in [4.69, 9.17) is 0 Å². The number of fused-ring (bicyclic) bond motifs is 1. The van der Waals surface area contributed by atoms with Gasteiger partial charge in [0, 0.05) is 19.1 Å². The molecule has 2 aromatic heterocycles. The largest absolute Gasteiger partial charge is 0.380 e.